The normalized spacial score (nSPS) is 24.9. The van der Waals surface area contributed by atoms with Crippen molar-refractivity contribution in [3.05, 3.63) is 24.3 Å². The molecule has 22 heavy (non-hydrogen) atoms. The number of anilines is 1. The first kappa shape index (κ1) is 15.6. The van der Waals surface area contributed by atoms with Crippen molar-refractivity contribution in [3.8, 4) is 5.75 Å². The zero-order valence-electron chi connectivity index (χ0n) is 12.5. The van der Waals surface area contributed by atoms with Crippen molar-refractivity contribution in [3.63, 3.8) is 0 Å². The molecule has 0 saturated carbocycles. The highest BCUT2D eigenvalue weighted by molar-refractivity contribution is 7.99. The molecule has 2 atom stereocenters. The van der Waals surface area contributed by atoms with Crippen LogP contribution in [0.4, 0.5) is 5.69 Å². The van der Waals surface area contributed by atoms with Gasteiger partial charge in [0, 0.05) is 36.9 Å². The van der Waals surface area contributed by atoms with E-state index in [-0.39, 0.29) is 18.1 Å². The van der Waals surface area contributed by atoms with E-state index in [0.717, 1.165) is 42.5 Å². The number of nitrogens with one attached hydrogen (secondary N) is 2. The fourth-order valence-corrected chi connectivity index (χ4v) is 3.58. The van der Waals surface area contributed by atoms with Gasteiger partial charge in [-0.05, 0) is 12.1 Å². The van der Waals surface area contributed by atoms with Gasteiger partial charge in [-0.3, -0.25) is 4.79 Å². The predicted octanol–water partition coefficient (Wildman–Crippen LogP) is 1.89. The summed E-state index contributed by atoms with van der Waals surface area (Å²) < 4.78 is 11.3. The summed E-state index contributed by atoms with van der Waals surface area (Å²) in [6.07, 6.45) is 1.47. The number of carbonyl (C=O) groups excluding carboxylic acids is 1. The Balaban J connectivity index is 1.57. The number of hydrogen-bond acceptors (Lipinski definition) is 5. The standard InChI is InChI=1S/C16H22N2O3S/c19-16(9-12-11-22-8-6-17-12)18-14-3-1-2-4-15(14)21-13-5-7-20-10-13/h1-4,12-13,17H,5-11H2,(H,18,19). The molecule has 2 aliphatic rings. The van der Waals surface area contributed by atoms with Crippen LogP contribution < -0.4 is 15.4 Å². The molecule has 2 fully saturated rings. The Kier molecular flexibility index (Phi) is 5.58. The largest absolute Gasteiger partial charge is 0.486 e. The number of amides is 1. The first-order chi connectivity index (χ1) is 10.8. The molecule has 0 aliphatic carbocycles. The number of hydrogen-bond donors (Lipinski definition) is 2. The SMILES string of the molecule is O=C(CC1CSCCN1)Nc1ccccc1OC1CCOC1. The first-order valence-corrected chi connectivity index (χ1v) is 8.91. The molecule has 2 aliphatic heterocycles. The van der Waals surface area contributed by atoms with E-state index >= 15 is 0 Å². The zero-order chi connectivity index (χ0) is 15.2. The predicted molar refractivity (Wildman–Crippen MR) is 88.7 cm³/mol. The van der Waals surface area contributed by atoms with Gasteiger partial charge in [0.2, 0.25) is 5.91 Å². The van der Waals surface area contributed by atoms with Gasteiger partial charge in [0.15, 0.2) is 0 Å². The van der Waals surface area contributed by atoms with Crippen LogP contribution in [0.15, 0.2) is 24.3 Å². The van der Waals surface area contributed by atoms with E-state index in [9.17, 15) is 4.79 Å². The monoisotopic (exact) mass is 322 g/mol. The lowest BCUT2D eigenvalue weighted by atomic mass is 10.2. The van der Waals surface area contributed by atoms with Gasteiger partial charge < -0.3 is 20.1 Å². The third kappa shape index (κ3) is 4.38. The summed E-state index contributed by atoms with van der Waals surface area (Å²) in [6, 6.07) is 7.85. The number of rotatable bonds is 5. The highest BCUT2D eigenvalue weighted by Gasteiger charge is 2.20. The van der Waals surface area contributed by atoms with Crippen molar-refractivity contribution in [1.82, 2.24) is 5.32 Å². The topological polar surface area (TPSA) is 59.6 Å². The molecule has 120 valence electrons. The first-order valence-electron chi connectivity index (χ1n) is 7.75. The summed E-state index contributed by atoms with van der Waals surface area (Å²) in [6.45, 7) is 2.33. The Bertz CT molecular complexity index is 500. The Labute approximate surface area is 135 Å². The summed E-state index contributed by atoms with van der Waals surface area (Å²) >= 11 is 1.89. The fraction of sp³-hybridized carbons (Fsp3) is 0.562. The summed E-state index contributed by atoms with van der Waals surface area (Å²) in [5.74, 6) is 2.86. The second-order valence-electron chi connectivity index (χ2n) is 5.58. The third-order valence-electron chi connectivity index (χ3n) is 3.77. The molecule has 2 unspecified atom stereocenters. The Hall–Kier alpha value is -1.24. The van der Waals surface area contributed by atoms with E-state index in [1.54, 1.807) is 0 Å². The van der Waals surface area contributed by atoms with E-state index in [4.69, 9.17) is 9.47 Å². The van der Waals surface area contributed by atoms with Crippen LogP contribution in [0.2, 0.25) is 0 Å². The molecule has 0 bridgehead atoms. The van der Waals surface area contributed by atoms with Gasteiger partial charge in [-0.25, -0.2) is 0 Å². The summed E-state index contributed by atoms with van der Waals surface area (Å²) in [5, 5.41) is 6.36. The number of carbonyl (C=O) groups is 1. The van der Waals surface area contributed by atoms with Crippen molar-refractivity contribution >= 4 is 23.4 Å². The second kappa shape index (κ2) is 7.85. The maximum absolute atomic E-state index is 12.2. The smallest absolute Gasteiger partial charge is 0.226 e. The van der Waals surface area contributed by atoms with Crippen LogP contribution in [0.1, 0.15) is 12.8 Å². The molecular formula is C16H22N2O3S. The lowest BCUT2D eigenvalue weighted by molar-refractivity contribution is -0.116. The maximum Gasteiger partial charge on any atom is 0.226 e. The molecule has 2 heterocycles. The molecule has 2 N–H and O–H groups in total. The van der Waals surface area contributed by atoms with Gasteiger partial charge in [0.25, 0.3) is 0 Å². The summed E-state index contributed by atoms with van der Waals surface area (Å²) in [5.41, 5.74) is 0.739. The highest BCUT2D eigenvalue weighted by atomic mass is 32.2. The van der Waals surface area contributed by atoms with Crippen LogP contribution in [0.3, 0.4) is 0 Å². The van der Waals surface area contributed by atoms with Crippen molar-refractivity contribution in [2.45, 2.75) is 25.0 Å². The van der Waals surface area contributed by atoms with E-state index in [1.165, 1.54) is 0 Å². The Morgan fingerprint density at radius 3 is 3.14 bits per heavy atom. The van der Waals surface area contributed by atoms with Crippen molar-refractivity contribution in [2.24, 2.45) is 0 Å². The Morgan fingerprint density at radius 1 is 1.45 bits per heavy atom. The number of para-hydroxylation sites is 2. The van der Waals surface area contributed by atoms with Gasteiger partial charge >= 0.3 is 0 Å². The molecule has 1 aromatic rings. The Morgan fingerprint density at radius 2 is 2.36 bits per heavy atom. The average Bonchev–Trinajstić information content (AvgIpc) is 3.03. The third-order valence-corrected chi connectivity index (χ3v) is 4.90. The van der Waals surface area contributed by atoms with Crippen LogP contribution in [0.25, 0.3) is 0 Å². The second-order valence-corrected chi connectivity index (χ2v) is 6.73. The molecule has 1 amide bonds. The number of benzene rings is 1. The van der Waals surface area contributed by atoms with E-state index in [1.807, 2.05) is 36.0 Å². The van der Waals surface area contributed by atoms with Crippen LogP contribution in [-0.4, -0.2) is 49.3 Å². The van der Waals surface area contributed by atoms with Gasteiger partial charge in [-0.15, -0.1) is 0 Å². The van der Waals surface area contributed by atoms with Crippen molar-refractivity contribution < 1.29 is 14.3 Å². The molecule has 3 rings (SSSR count). The van der Waals surface area contributed by atoms with E-state index < -0.39 is 0 Å². The lowest BCUT2D eigenvalue weighted by Crippen LogP contribution is -2.39. The van der Waals surface area contributed by atoms with Crippen LogP contribution in [0.5, 0.6) is 5.75 Å². The van der Waals surface area contributed by atoms with E-state index in [0.29, 0.717) is 13.0 Å². The summed E-state index contributed by atoms with van der Waals surface area (Å²) in [4.78, 5) is 12.2. The highest BCUT2D eigenvalue weighted by Crippen LogP contribution is 2.27. The number of ether oxygens (including phenoxy) is 2. The van der Waals surface area contributed by atoms with Gasteiger partial charge in [-0.1, -0.05) is 12.1 Å². The minimum Gasteiger partial charge on any atom is -0.486 e. The van der Waals surface area contributed by atoms with Crippen LogP contribution in [-0.2, 0) is 9.53 Å². The van der Waals surface area contributed by atoms with Crippen molar-refractivity contribution in [2.75, 3.05) is 36.6 Å². The molecule has 5 nitrogen and oxygen atoms in total. The quantitative estimate of drug-likeness (QED) is 0.867. The molecular weight excluding hydrogens is 300 g/mol. The molecule has 0 radical (unpaired) electrons. The summed E-state index contributed by atoms with van der Waals surface area (Å²) in [7, 11) is 0. The molecule has 2 saturated heterocycles. The minimum absolute atomic E-state index is 0.0266. The average molecular weight is 322 g/mol. The van der Waals surface area contributed by atoms with Gasteiger partial charge in [-0.2, -0.15) is 11.8 Å². The van der Waals surface area contributed by atoms with Gasteiger partial charge in [0.1, 0.15) is 11.9 Å². The molecule has 6 heteroatoms. The van der Waals surface area contributed by atoms with Crippen LogP contribution in [0, 0.1) is 0 Å². The lowest BCUT2D eigenvalue weighted by Gasteiger charge is -2.23. The molecule has 0 aromatic heterocycles. The van der Waals surface area contributed by atoms with Crippen LogP contribution >= 0.6 is 11.8 Å². The fourth-order valence-electron chi connectivity index (χ4n) is 2.63. The number of thioether (sulfide) groups is 1. The minimum atomic E-state index is 0.0266. The molecule has 0 spiro atoms. The zero-order valence-corrected chi connectivity index (χ0v) is 13.4. The van der Waals surface area contributed by atoms with E-state index in [2.05, 4.69) is 10.6 Å². The van der Waals surface area contributed by atoms with Gasteiger partial charge in [0.05, 0.1) is 18.9 Å². The van der Waals surface area contributed by atoms with Crippen molar-refractivity contribution in [1.29, 1.82) is 0 Å². The molecule has 1 aromatic carbocycles. The maximum atomic E-state index is 12.2.